The summed E-state index contributed by atoms with van der Waals surface area (Å²) in [6, 6.07) is 2.39. The predicted molar refractivity (Wildman–Crippen MR) is 92.1 cm³/mol. The molecule has 1 atom stereocenters. The normalized spacial score (nSPS) is 12.3. The lowest BCUT2D eigenvalue weighted by atomic mass is 10.2. The van der Waals surface area contributed by atoms with Gasteiger partial charge in [0.05, 0.1) is 27.0 Å². The van der Waals surface area contributed by atoms with E-state index in [1.54, 1.807) is 20.1 Å². The number of carboxylic acid groups (broad SMARTS) is 1. The average Bonchev–Trinajstić information content (AvgIpc) is 2.51. The number of carbonyl (C=O) groups is 1. The molecule has 2 aromatic rings. The molecule has 2 rings (SSSR count). The molecule has 1 aromatic heterocycles. The van der Waals surface area contributed by atoms with Crippen molar-refractivity contribution in [2.24, 2.45) is 0 Å². The molecule has 7 nitrogen and oxygen atoms in total. The Balaban J connectivity index is 2.68. The van der Waals surface area contributed by atoms with Gasteiger partial charge in [-0.05, 0) is 25.5 Å². The highest BCUT2D eigenvalue weighted by Gasteiger charge is 2.20. The molecule has 1 unspecified atom stereocenters. The van der Waals surface area contributed by atoms with Crippen LogP contribution in [0.1, 0.15) is 25.2 Å². The third-order valence-corrected chi connectivity index (χ3v) is 4.12. The first-order valence-corrected chi connectivity index (χ1v) is 7.99. The van der Waals surface area contributed by atoms with Crippen molar-refractivity contribution in [3.63, 3.8) is 0 Å². The van der Waals surface area contributed by atoms with Gasteiger partial charge >= 0.3 is 6.09 Å². The largest absolute Gasteiger partial charge is 0.465 e. The predicted octanol–water partition coefficient (Wildman–Crippen LogP) is 3.07. The Morgan fingerprint density at radius 2 is 2.08 bits per heavy atom. The molecule has 1 heterocycles. The first kappa shape index (κ1) is 18.5. The number of halogens is 2. The number of benzene rings is 1. The molecule has 0 fully saturated rings. The van der Waals surface area contributed by atoms with E-state index in [2.05, 4.69) is 10.3 Å². The molecule has 0 saturated heterocycles. The van der Waals surface area contributed by atoms with Crippen LogP contribution in [0.2, 0.25) is 10.0 Å². The van der Waals surface area contributed by atoms with Crippen LogP contribution in [0.5, 0.6) is 0 Å². The number of rotatable bonds is 6. The molecular weight excluding hydrogens is 357 g/mol. The van der Waals surface area contributed by atoms with Gasteiger partial charge < -0.3 is 15.2 Å². The number of hydrogen-bond acceptors (Lipinski definition) is 4. The van der Waals surface area contributed by atoms with Gasteiger partial charge in [-0.25, -0.2) is 9.78 Å². The lowest BCUT2D eigenvalue weighted by Gasteiger charge is -2.19. The molecule has 0 aliphatic rings. The number of aromatic nitrogens is 2. The third-order valence-electron chi connectivity index (χ3n) is 3.50. The maximum atomic E-state index is 12.9. The van der Waals surface area contributed by atoms with Gasteiger partial charge in [0.2, 0.25) is 0 Å². The Morgan fingerprint density at radius 1 is 1.42 bits per heavy atom. The zero-order chi connectivity index (χ0) is 17.9. The second-order valence-corrected chi connectivity index (χ2v) is 6.01. The van der Waals surface area contributed by atoms with Gasteiger partial charge in [-0.2, -0.15) is 0 Å². The van der Waals surface area contributed by atoms with Crippen LogP contribution < -0.4 is 10.9 Å². The van der Waals surface area contributed by atoms with Gasteiger partial charge in [-0.1, -0.05) is 23.2 Å². The first-order valence-electron chi connectivity index (χ1n) is 7.23. The van der Waals surface area contributed by atoms with E-state index >= 15 is 0 Å². The summed E-state index contributed by atoms with van der Waals surface area (Å²) >= 11 is 12.3. The molecule has 0 bridgehead atoms. The summed E-state index contributed by atoms with van der Waals surface area (Å²) < 4.78 is 6.41. The van der Waals surface area contributed by atoms with Crippen molar-refractivity contribution in [3.05, 3.63) is 38.4 Å². The average molecular weight is 374 g/mol. The zero-order valence-corrected chi connectivity index (χ0v) is 14.7. The highest BCUT2D eigenvalue weighted by molar-refractivity contribution is 6.39. The summed E-state index contributed by atoms with van der Waals surface area (Å²) in [6.07, 6.45) is -0.647. The Bertz CT molecular complexity index is 822. The molecular formula is C15H17Cl2N3O4. The van der Waals surface area contributed by atoms with E-state index in [4.69, 9.17) is 33.0 Å². The minimum Gasteiger partial charge on any atom is -0.465 e. The summed E-state index contributed by atoms with van der Waals surface area (Å²) in [6.45, 7) is 2.38. The fourth-order valence-electron chi connectivity index (χ4n) is 2.43. The molecule has 0 spiro atoms. The van der Waals surface area contributed by atoms with E-state index in [0.717, 1.165) is 0 Å². The molecule has 0 aliphatic carbocycles. The first-order chi connectivity index (χ1) is 11.4. The van der Waals surface area contributed by atoms with Crippen LogP contribution >= 0.6 is 23.2 Å². The Labute approximate surface area is 148 Å². The Hall–Kier alpha value is -1.83. The highest BCUT2D eigenvalue weighted by atomic mass is 35.5. The van der Waals surface area contributed by atoms with E-state index in [-0.39, 0.29) is 32.3 Å². The zero-order valence-electron chi connectivity index (χ0n) is 13.2. The van der Waals surface area contributed by atoms with Crippen LogP contribution in [0.25, 0.3) is 10.9 Å². The minimum atomic E-state index is -1.21. The topological polar surface area (TPSA) is 93.4 Å². The number of methoxy groups -OCH3 is 1. The monoisotopic (exact) mass is 373 g/mol. The molecule has 9 heteroatoms. The molecule has 130 valence electrons. The molecule has 0 radical (unpaired) electrons. The number of nitrogens with zero attached hydrogens (tertiary/aromatic N) is 2. The summed E-state index contributed by atoms with van der Waals surface area (Å²) in [5.41, 5.74) is -0.108. The summed E-state index contributed by atoms with van der Waals surface area (Å²) in [5.74, 6) is 0.273. The van der Waals surface area contributed by atoms with Crippen LogP contribution in [-0.4, -0.2) is 34.5 Å². The van der Waals surface area contributed by atoms with Gasteiger partial charge in [0, 0.05) is 20.3 Å². The van der Waals surface area contributed by atoms with Gasteiger partial charge in [0.25, 0.3) is 5.56 Å². The summed E-state index contributed by atoms with van der Waals surface area (Å²) in [4.78, 5) is 28.2. The van der Waals surface area contributed by atoms with E-state index in [0.29, 0.717) is 19.6 Å². The lowest BCUT2D eigenvalue weighted by Crippen LogP contribution is -2.33. The van der Waals surface area contributed by atoms with Crippen molar-refractivity contribution in [1.29, 1.82) is 0 Å². The lowest BCUT2D eigenvalue weighted by molar-refractivity contribution is 0.186. The van der Waals surface area contributed by atoms with Crippen molar-refractivity contribution in [3.8, 4) is 0 Å². The van der Waals surface area contributed by atoms with Crippen LogP contribution in [0, 0.1) is 0 Å². The maximum absolute atomic E-state index is 12.9. The van der Waals surface area contributed by atoms with Crippen LogP contribution in [0.15, 0.2) is 16.9 Å². The fourth-order valence-corrected chi connectivity index (χ4v) is 2.86. The maximum Gasteiger partial charge on any atom is 0.405 e. The molecule has 24 heavy (non-hydrogen) atoms. The number of hydrogen-bond donors (Lipinski definition) is 2. The van der Waals surface area contributed by atoms with Crippen LogP contribution in [-0.2, 0) is 11.3 Å². The number of nitrogens with one attached hydrogen (secondary N) is 1. The molecule has 0 aliphatic heterocycles. The van der Waals surface area contributed by atoms with Gasteiger partial charge in [0.15, 0.2) is 0 Å². The van der Waals surface area contributed by atoms with Crippen LogP contribution in [0.4, 0.5) is 4.79 Å². The fraction of sp³-hybridized carbons (Fsp3) is 0.400. The molecule has 1 aromatic carbocycles. The third kappa shape index (κ3) is 3.80. The quantitative estimate of drug-likeness (QED) is 0.758. The molecule has 0 saturated carbocycles. The van der Waals surface area contributed by atoms with E-state index in [9.17, 15) is 9.59 Å². The van der Waals surface area contributed by atoms with Gasteiger partial charge in [-0.15, -0.1) is 0 Å². The van der Waals surface area contributed by atoms with Crippen molar-refractivity contribution in [1.82, 2.24) is 14.9 Å². The minimum absolute atomic E-state index is 0.216. The Kier molecular flexibility index (Phi) is 6.04. The van der Waals surface area contributed by atoms with E-state index in [1.165, 1.54) is 10.6 Å². The van der Waals surface area contributed by atoms with Gasteiger partial charge in [0.1, 0.15) is 5.82 Å². The number of amides is 1. The standard InChI is InChI=1S/C15H17Cl2N3O4/c1-8(18-15(22)23)13-19-12-10(17)5-4-9(16)11(12)14(21)20(13)6-3-7-24-2/h4-5,8,18H,3,6-7H2,1-2H3,(H,22,23). The molecule has 2 N–H and O–H groups in total. The highest BCUT2D eigenvalue weighted by Crippen LogP contribution is 2.27. The second kappa shape index (κ2) is 7.83. The van der Waals surface area contributed by atoms with Crippen molar-refractivity contribution in [2.75, 3.05) is 13.7 Å². The number of fused-ring (bicyclic) bond motifs is 1. The van der Waals surface area contributed by atoms with Crippen molar-refractivity contribution < 1.29 is 14.6 Å². The van der Waals surface area contributed by atoms with E-state index < -0.39 is 12.1 Å². The smallest absolute Gasteiger partial charge is 0.405 e. The second-order valence-electron chi connectivity index (χ2n) is 5.20. The summed E-state index contributed by atoms with van der Waals surface area (Å²) in [7, 11) is 1.56. The van der Waals surface area contributed by atoms with Gasteiger partial charge in [-0.3, -0.25) is 9.36 Å². The van der Waals surface area contributed by atoms with Crippen molar-refractivity contribution in [2.45, 2.75) is 25.9 Å². The SMILES string of the molecule is COCCCn1c(C(C)NC(=O)O)nc2c(Cl)ccc(Cl)c2c1=O. The van der Waals surface area contributed by atoms with Crippen molar-refractivity contribution >= 4 is 40.2 Å². The molecule has 1 amide bonds. The van der Waals surface area contributed by atoms with E-state index in [1.807, 2.05) is 0 Å². The summed E-state index contributed by atoms with van der Waals surface area (Å²) in [5, 5.41) is 12.0. The van der Waals surface area contributed by atoms with Crippen LogP contribution in [0.3, 0.4) is 0 Å². The Morgan fingerprint density at radius 3 is 2.71 bits per heavy atom. The number of ether oxygens (including phenoxy) is 1.